The number of azo groups is 2. The van der Waals surface area contributed by atoms with E-state index in [0.29, 0.717) is 5.56 Å². The van der Waals surface area contributed by atoms with Gasteiger partial charge in [-0.15, -0.1) is 23.4 Å². The lowest BCUT2D eigenvalue weighted by atomic mass is 10.0. The molecule has 5 aromatic carbocycles. The fourth-order valence-electron chi connectivity index (χ4n) is 6.16. The van der Waals surface area contributed by atoms with Crippen molar-refractivity contribution >= 4 is 132 Å². The van der Waals surface area contributed by atoms with Crippen LogP contribution in [0.4, 0.5) is 46.0 Å². The monoisotopic (exact) mass is 1060 g/mol. The van der Waals surface area contributed by atoms with Gasteiger partial charge in [0.1, 0.15) is 32.9 Å². The third-order valence-electron chi connectivity index (χ3n) is 8.73. The molecule has 0 saturated heterocycles. The Morgan fingerprint density at radius 3 is 1.91 bits per heavy atom. The molecule has 24 nitrogen and oxygen atoms in total. The number of aryl methyl sites for hydroxylation is 2. The van der Waals surface area contributed by atoms with Crippen molar-refractivity contribution in [2.45, 2.75) is 36.0 Å². The number of anilines is 5. The molecule has 30 heteroatoms. The molecule has 0 radical (unpaired) electrons. The first-order valence-corrected chi connectivity index (χ1v) is 24.8. The van der Waals surface area contributed by atoms with Gasteiger partial charge in [0.25, 0.3) is 30.4 Å². The minimum atomic E-state index is -4.91. The number of nitrogens with one attached hydrogen (secondary N) is 3. The van der Waals surface area contributed by atoms with E-state index in [9.17, 15) is 53.3 Å². The van der Waals surface area contributed by atoms with E-state index in [1.165, 1.54) is 38.2 Å². The number of phenols is 2. The minimum Gasteiger partial charge on any atom is -0.505 e. The van der Waals surface area contributed by atoms with Gasteiger partial charge in [-0.1, -0.05) is 25.1 Å². The number of alkyl halides is 1. The summed E-state index contributed by atoms with van der Waals surface area (Å²) < 4.78 is 120. The van der Waals surface area contributed by atoms with Gasteiger partial charge in [0.2, 0.25) is 17.2 Å². The largest absolute Gasteiger partial charge is 0.505 e. The van der Waals surface area contributed by atoms with E-state index in [1.807, 2.05) is 0 Å². The van der Waals surface area contributed by atoms with E-state index in [4.69, 9.17) is 32.2 Å². The van der Waals surface area contributed by atoms with Gasteiger partial charge >= 0.3 is 0 Å². The summed E-state index contributed by atoms with van der Waals surface area (Å²) in [4.78, 5) is 15.6. The fraction of sp³-hybridized carbons (Fsp3) is 0.184. The molecular formula is C38H40Cl2N10O14S4. The molecule has 1 atom stereocenters. The highest BCUT2D eigenvalue weighted by Crippen LogP contribution is 2.46. The van der Waals surface area contributed by atoms with Crippen molar-refractivity contribution in [3.63, 3.8) is 0 Å². The summed E-state index contributed by atoms with van der Waals surface area (Å²) in [6.45, 7) is 8.95. The molecule has 1 unspecified atom stereocenters. The maximum Gasteiger partial charge on any atom is 0.296 e. The average Bonchev–Trinajstić information content (AvgIpc) is 3.22. The maximum absolute atomic E-state index is 12.4. The molecule has 0 amide bonds. The van der Waals surface area contributed by atoms with Crippen LogP contribution in [-0.4, -0.2) is 93.8 Å². The normalized spacial score (nSPS) is 12.5. The number of hydrogen-bond donors (Lipinski definition) is 8. The summed E-state index contributed by atoms with van der Waals surface area (Å²) in [5.41, 5.74) is 1.83. The minimum absolute atomic E-state index is 0. The van der Waals surface area contributed by atoms with Crippen LogP contribution in [0.5, 0.6) is 11.5 Å². The van der Waals surface area contributed by atoms with E-state index in [-0.39, 0.29) is 87.6 Å². The lowest BCUT2D eigenvalue weighted by molar-refractivity contribution is 0.210. The maximum atomic E-state index is 12.4. The Bertz CT molecular complexity index is 3350. The van der Waals surface area contributed by atoms with Crippen LogP contribution in [0.25, 0.3) is 21.5 Å². The predicted octanol–water partition coefficient (Wildman–Crippen LogP) is 8.87. The Kier molecular flexibility index (Phi) is 17.9. The van der Waals surface area contributed by atoms with Crippen LogP contribution >= 0.6 is 23.2 Å². The molecule has 0 bridgehead atoms. The van der Waals surface area contributed by atoms with E-state index < -0.39 is 84.3 Å². The highest BCUT2D eigenvalue weighted by atomic mass is 35.5. The lowest BCUT2D eigenvalue weighted by Gasteiger charge is -2.16. The highest BCUT2D eigenvalue weighted by molar-refractivity contribution is 7.86. The standard InChI is InChI=1S/C35H32Cl2N10O14S4.C2H4.CH4/c1-16-8-18-12-26(65(57,58)59)30(45-38-3)32(49)27(18)23(9-16)39-34-41-33(37)42-35(43-34)40-24-14-21(63(51,52)53)11-19-10-17(2)29(31(48)28(19)24)46-44-22-13-20(4-5-25(22)64(54,55)56)47-60-6-7-62(50)61-15-36;1-2;/h4-5,8-14,47-49H,6-7,15H2,1-3H3,(H,51,52,53)(H,54,55,56)(H,57,58,59)(H2,39,40,41,42,43);1-2H2;1H4. The van der Waals surface area contributed by atoms with Crippen molar-refractivity contribution in [3.05, 3.63) is 84.2 Å². The van der Waals surface area contributed by atoms with Crippen molar-refractivity contribution in [2.75, 3.05) is 41.6 Å². The van der Waals surface area contributed by atoms with E-state index in [1.54, 1.807) is 6.92 Å². The summed E-state index contributed by atoms with van der Waals surface area (Å²) >= 11 is 9.94. The molecule has 6 rings (SSSR count). The number of aromatic hydroxyl groups is 2. The first-order valence-electron chi connectivity index (χ1n) is 18.3. The smallest absolute Gasteiger partial charge is 0.296 e. The second-order valence-electron chi connectivity index (χ2n) is 13.2. The SMILES string of the molecule is C.C=C.CN=Nc1c(S(=O)(=O)O)cc2cc(C)cc(Nc3nc(Cl)nc(Nc4cc(S(=O)(=O)O)cc5cc(C)c(N=Nc6cc(NOCCS(=O)OCCl)ccc6S(=O)(=O)O)c(O)c45)n3)c2c1O. The molecule has 8 N–H and O–H groups in total. The predicted molar refractivity (Wildman–Crippen MR) is 255 cm³/mol. The van der Waals surface area contributed by atoms with Crippen LogP contribution < -0.4 is 16.1 Å². The molecule has 0 saturated carbocycles. The topological polar surface area (TPSA) is 363 Å². The molecule has 6 aromatic rings. The van der Waals surface area contributed by atoms with Crippen LogP contribution in [0.2, 0.25) is 5.28 Å². The van der Waals surface area contributed by atoms with Crippen molar-refractivity contribution in [1.82, 2.24) is 15.0 Å². The Morgan fingerprint density at radius 2 is 1.34 bits per heavy atom. The van der Waals surface area contributed by atoms with Gasteiger partial charge in [0.05, 0.1) is 34.3 Å². The molecule has 0 aliphatic heterocycles. The van der Waals surface area contributed by atoms with Gasteiger partial charge in [-0.2, -0.15) is 50.4 Å². The molecule has 0 aliphatic rings. The average molecular weight is 1060 g/mol. The Labute approximate surface area is 401 Å². The number of hydrogen-bond acceptors (Lipinski definition) is 21. The Morgan fingerprint density at radius 1 is 0.750 bits per heavy atom. The number of rotatable bonds is 17. The van der Waals surface area contributed by atoms with Crippen LogP contribution in [0.1, 0.15) is 18.6 Å². The molecular weight excluding hydrogens is 1020 g/mol. The molecule has 0 spiro atoms. The Balaban J connectivity index is 0.00000332. The van der Waals surface area contributed by atoms with Crippen molar-refractivity contribution in [1.29, 1.82) is 0 Å². The zero-order valence-corrected chi connectivity index (χ0v) is 39.4. The first-order chi connectivity index (χ1) is 31.5. The van der Waals surface area contributed by atoms with E-state index in [0.717, 1.165) is 30.3 Å². The van der Waals surface area contributed by atoms with Gasteiger partial charge in [-0.25, -0.2) is 4.21 Å². The summed E-state index contributed by atoms with van der Waals surface area (Å²) in [5.74, 6) is -2.11. The van der Waals surface area contributed by atoms with Crippen molar-refractivity contribution in [2.24, 2.45) is 20.5 Å². The summed E-state index contributed by atoms with van der Waals surface area (Å²) in [6, 6.07) is 10.5. The number of halogens is 2. The number of nitrogens with zero attached hydrogens (tertiary/aromatic N) is 7. The van der Waals surface area contributed by atoms with Crippen molar-refractivity contribution in [3.8, 4) is 11.5 Å². The van der Waals surface area contributed by atoms with Gasteiger partial charge in [0, 0.05) is 17.8 Å². The van der Waals surface area contributed by atoms with E-state index >= 15 is 0 Å². The van der Waals surface area contributed by atoms with Crippen LogP contribution in [0.3, 0.4) is 0 Å². The summed E-state index contributed by atoms with van der Waals surface area (Å²) in [5, 5.41) is 43.4. The quantitative estimate of drug-likeness (QED) is 0.0105. The second-order valence-corrected chi connectivity index (χ2v) is 19.2. The van der Waals surface area contributed by atoms with Gasteiger partial charge in [-0.3, -0.25) is 28.2 Å². The molecule has 1 aromatic heterocycles. The molecule has 0 aliphatic carbocycles. The van der Waals surface area contributed by atoms with Crippen LogP contribution in [0, 0.1) is 13.8 Å². The van der Waals surface area contributed by atoms with Gasteiger partial charge < -0.3 is 20.8 Å². The van der Waals surface area contributed by atoms with Crippen LogP contribution in [-0.2, 0) is 50.5 Å². The molecule has 1 heterocycles. The number of aromatic nitrogens is 3. The molecule has 68 heavy (non-hydrogen) atoms. The Hall–Kier alpha value is -6.05. The molecule has 364 valence electrons. The lowest BCUT2D eigenvalue weighted by Crippen LogP contribution is -2.11. The highest BCUT2D eigenvalue weighted by Gasteiger charge is 2.25. The summed E-state index contributed by atoms with van der Waals surface area (Å²) in [7, 11) is -13.5. The summed E-state index contributed by atoms with van der Waals surface area (Å²) in [6.07, 6.45) is 0. The number of benzene rings is 5. The first kappa shape index (κ1) is 54.6. The third kappa shape index (κ3) is 12.9. The van der Waals surface area contributed by atoms with Gasteiger partial charge in [0.15, 0.2) is 22.6 Å². The molecule has 0 fully saturated rings. The van der Waals surface area contributed by atoms with Gasteiger partial charge in [-0.05, 0) is 95.9 Å². The third-order valence-corrected chi connectivity index (χ3v) is 12.6. The van der Waals surface area contributed by atoms with Crippen LogP contribution in [0.15, 0.2) is 103 Å². The van der Waals surface area contributed by atoms with E-state index in [2.05, 4.69) is 64.7 Å². The van der Waals surface area contributed by atoms with Crippen molar-refractivity contribution < 1.29 is 62.4 Å². The zero-order chi connectivity index (χ0) is 49.6. The fourth-order valence-corrected chi connectivity index (χ4v) is 8.86. The number of phenolic OH excluding ortho intramolecular Hbond substituents is 2. The number of fused-ring (bicyclic) bond motifs is 2. The zero-order valence-electron chi connectivity index (χ0n) is 34.7. The second kappa shape index (κ2) is 22.4.